The van der Waals surface area contributed by atoms with Crippen LogP contribution in [0.2, 0.25) is 0 Å². The second kappa shape index (κ2) is 9.29. The molecule has 3 aromatic rings. The third-order valence-electron chi connectivity index (χ3n) is 5.44. The first kappa shape index (κ1) is 22.1. The Morgan fingerprint density at radius 1 is 1.03 bits per heavy atom. The monoisotopic (exact) mass is 483 g/mol. The number of benzene rings is 3. The summed E-state index contributed by atoms with van der Waals surface area (Å²) in [4.78, 5) is 24.1. The number of amides is 1. The van der Waals surface area contributed by atoms with Crippen LogP contribution < -0.4 is 15.1 Å². The van der Waals surface area contributed by atoms with E-state index in [-0.39, 0.29) is 5.91 Å². The molecule has 0 saturated carbocycles. The van der Waals surface area contributed by atoms with Gasteiger partial charge in [-0.25, -0.2) is 4.99 Å². The minimum Gasteiger partial charge on any atom is -0.384 e. The molecule has 1 saturated heterocycles. The van der Waals surface area contributed by atoms with E-state index in [1.807, 2.05) is 62.5 Å². The number of nitrogens with one attached hydrogen (secondary N) is 1. The summed E-state index contributed by atoms with van der Waals surface area (Å²) in [6.07, 6.45) is 0. The van der Waals surface area contributed by atoms with E-state index in [1.165, 1.54) is 11.8 Å². The number of carbonyl (C=O) groups is 1. The lowest BCUT2D eigenvalue weighted by Gasteiger charge is -2.17. The van der Waals surface area contributed by atoms with Crippen molar-refractivity contribution in [3.8, 4) is 6.07 Å². The Balaban J connectivity index is 1.64. The average molecular weight is 484 g/mol. The first-order valence-electron chi connectivity index (χ1n) is 10.8. The highest BCUT2D eigenvalue weighted by Gasteiger charge is 2.40. The van der Waals surface area contributed by atoms with Gasteiger partial charge in [-0.2, -0.15) is 5.26 Å². The predicted octanol–water partition coefficient (Wildman–Crippen LogP) is 6.17. The molecule has 1 N–H and O–H groups in total. The zero-order valence-electron chi connectivity index (χ0n) is 18.6. The Labute approximate surface area is 207 Å². The second-order valence-electron chi connectivity index (χ2n) is 7.61. The number of fused-ring (bicyclic) bond motifs is 1. The Morgan fingerprint density at radius 2 is 1.79 bits per heavy atom. The summed E-state index contributed by atoms with van der Waals surface area (Å²) in [5.74, 6) is -0.112. The number of anilines is 3. The molecule has 0 radical (unpaired) electrons. The zero-order valence-corrected chi connectivity index (χ0v) is 20.3. The summed E-state index contributed by atoms with van der Waals surface area (Å²) >= 11 is 2.96. The van der Waals surface area contributed by atoms with Crippen LogP contribution in [0.3, 0.4) is 0 Å². The van der Waals surface area contributed by atoms with Crippen molar-refractivity contribution in [2.45, 2.75) is 11.8 Å². The summed E-state index contributed by atoms with van der Waals surface area (Å²) in [5, 5.41) is 14.2. The third-order valence-corrected chi connectivity index (χ3v) is 7.83. The molecule has 0 aliphatic carbocycles. The molecular weight excluding hydrogens is 462 g/mol. The van der Waals surface area contributed by atoms with Crippen molar-refractivity contribution in [2.24, 2.45) is 4.99 Å². The maximum absolute atomic E-state index is 13.8. The Hall–Kier alpha value is -3.67. The maximum Gasteiger partial charge on any atom is 0.274 e. The fraction of sp³-hybridized carbons (Fsp3) is 0.115. The molecule has 168 valence electrons. The van der Waals surface area contributed by atoms with Crippen molar-refractivity contribution in [3.63, 3.8) is 0 Å². The molecule has 2 aliphatic rings. The molecule has 1 amide bonds. The van der Waals surface area contributed by atoms with Gasteiger partial charge < -0.3 is 10.2 Å². The van der Waals surface area contributed by atoms with Crippen molar-refractivity contribution >= 4 is 57.3 Å². The van der Waals surface area contributed by atoms with E-state index in [4.69, 9.17) is 4.99 Å². The van der Waals surface area contributed by atoms with Crippen molar-refractivity contribution in [1.82, 2.24) is 0 Å². The first-order chi connectivity index (χ1) is 16.6. The lowest BCUT2D eigenvalue weighted by molar-refractivity contribution is -0.113. The normalized spacial score (nSPS) is 18.4. The molecule has 8 heteroatoms. The van der Waals surface area contributed by atoms with Crippen molar-refractivity contribution in [1.29, 1.82) is 5.26 Å². The smallest absolute Gasteiger partial charge is 0.274 e. The van der Waals surface area contributed by atoms with Crippen LogP contribution in [0.5, 0.6) is 0 Å². The summed E-state index contributed by atoms with van der Waals surface area (Å²) in [7, 11) is 1.98. The number of para-hydroxylation sites is 2. The van der Waals surface area contributed by atoms with Crippen LogP contribution in [0, 0.1) is 11.3 Å². The molecule has 2 aliphatic heterocycles. The van der Waals surface area contributed by atoms with Crippen LogP contribution >= 0.6 is 23.5 Å². The fourth-order valence-corrected chi connectivity index (χ4v) is 6.16. The molecule has 34 heavy (non-hydrogen) atoms. The number of hydrogen-bond donors (Lipinski definition) is 1. The molecule has 6 nitrogen and oxygen atoms in total. The van der Waals surface area contributed by atoms with Gasteiger partial charge in [0.15, 0.2) is 5.17 Å². The van der Waals surface area contributed by atoms with Crippen LogP contribution in [0.1, 0.15) is 12.5 Å². The quantitative estimate of drug-likeness (QED) is 0.448. The van der Waals surface area contributed by atoms with E-state index in [2.05, 4.69) is 28.4 Å². The van der Waals surface area contributed by atoms with E-state index >= 15 is 0 Å². The largest absolute Gasteiger partial charge is 0.384 e. The molecule has 0 atom stereocenters. The van der Waals surface area contributed by atoms with E-state index in [9.17, 15) is 10.1 Å². The number of rotatable bonds is 4. The van der Waals surface area contributed by atoms with Crippen LogP contribution in [-0.4, -0.2) is 24.7 Å². The minimum absolute atomic E-state index is 0.112. The van der Waals surface area contributed by atoms with Gasteiger partial charge in [0, 0.05) is 18.5 Å². The minimum atomic E-state index is -0.112. The van der Waals surface area contributed by atoms with Gasteiger partial charge in [0.2, 0.25) is 0 Å². The van der Waals surface area contributed by atoms with Gasteiger partial charge in [-0.15, -0.1) is 0 Å². The van der Waals surface area contributed by atoms with Crippen molar-refractivity contribution in [2.75, 3.05) is 28.7 Å². The highest BCUT2D eigenvalue weighted by atomic mass is 32.2. The maximum atomic E-state index is 13.8. The molecule has 1 fully saturated rings. The van der Waals surface area contributed by atoms with Crippen LogP contribution in [0.25, 0.3) is 0 Å². The fourth-order valence-electron chi connectivity index (χ4n) is 3.82. The van der Waals surface area contributed by atoms with Crippen LogP contribution in [0.4, 0.5) is 22.7 Å². The topological polar surface area (TPSA) is 71.7 Å². The number of nitrogens with zero attached hydrogens (tertiary/aromatic N) is 4. The van der Waals surface area contributed by atoms with E-state index in [1.54, 1.807) is 28.8 Å². The predicted molar refractivity (Wildman–Crippen MR) is 142 cm³/mol. The lowest BCUT2D eigenvalue weighted by atomic mass is 10.2. The number of hydrogen-bond acceptors (Lipinski definition) is 7. The van der Waals surface area contributed by atoms with E-state index in [0.29, 0.717) is 27.9 Å². The van der Waals surface area contributed by atoms with Crippen molar-refractivity contribution < 1.29 is 4.79 Å². The molecule has 2 heterocycles. The van der Waals surface area contributed by atoms with Gasteiger partial charge >= 0.3 is 0 Å². The SMILES string of the molecule is CCNc1ccc(C#N)cc1N=C1SC(=C2Sc3ccccc3N2C)C(=O)N1c1ccccc1. The van der Waals surface area contributed by atoms with E-state index < -0.39 is 0 Å². The van der Waals surface area contributed by atoms with Crippen LogP contribution in [-0.2, 0) is 4.79 Å². The van der Waals surface area contributed by atoms with Gasteiger partial charge in [-0.1, -0.05) is 42.1 Å². The molecular formula is C26H21N5OS2. The number of aliphatic imine (C=N–C) groups is 1. The molecule has 0 unspecified atom stereocenters. The molecule has 3 aromatic carbocycles. The third kappa shape index (κ3) is 3.94. The van der Waals surface area contributed by atoms with Gasteiger partial charge in [-0.3, -0.25) is 9.69 Å². The molecule has 0 spiro atoms. The second-order valence-corrected chi connectivity index (χ2v) is 9.62. The van der Waals surface area contributed by atoms with Crippen molar-refractivity contribution in [3.05, 3.63) is 88.3 Å². The highest BCUT2D eigenvalue weighted by Crippen LogP contribution is 2.50. The summed E-state index contributed by atoms with van der Waals surface area (Å²) in [5.41, 5.74) is 3.78. The summed E-state index contributed by atoms with van der Waals surface area (Å²) in [6.45, 7) is 2.72. The van der Waals surface area contributed by atoms with Gasteiger partial charge in [0.05, 0.1) is 39.4 Å². The van der Waals surface area contributed by atoms with Crippen LogP contribution in [0.15, 0.2) is 92.6 Å². The van der Waals surface area contributed by atoms with Gasteiger partial charge in [-0.05, 0) is 61.2 Å². The molecule has 0 aromatic heterocycles. The number of amidine groups is 1. The van der Waals surface area contributed by atoms with Gasteiger partial charge in [0.1, 0.15) is 4.91 Å². The number of nitriles is 1. The number of carbonyl (C=O) groups excluding carboxylic acids is 1. The lowest BCUT2D eigenvalue weighted by Crippen LogP contribution is -2.29. The van der Waals surface area contributed by atoms with Gasteiger partial charge in [0.25, 0.3) is 5.91 Å². The Morgan fingerprint density at radius 3 is 2.53 bits per heavy atom. The number of thioether (sulfide) groups is 2. The summed E-state index contributed by atoms with van der Waals surface area (Å²) < 4.78 is 0. The Kier molecular flexibility index (Phi) is 6.05. The molecule has 0 bridgehead atoms. The zero-order chi connectivity index (χ0) is 23.7. The van der Waals surface area contributed by atoms with E-state index in [0.717, 1.165) is 27.0 Å². The standard InChI is InChI=1S/C26H21N5OS2/c1-3-28-19-14-13-17(16-27)15-20(19)29-26-31(18-9-5-4-6-10-18)24(32)23(34-26)25-30(2)21-11-7-8-12-22(21)33-25/h4-15,28H,3H2,1-2H3. The molecule has 5 rings (SSSR count). The average Bonchev–Trinajstić information content (AvgIpc) is 3.37. The Bertz CT molecular complexity index is 1380. The highest BCUT2D eigenvalue weighted by molar-refractivity contribution is 8.20. The first-order valence-corrected chi connectivity index (χ1v) is 12.4. The summed E-state index contributed by atoms with van der Waals surface area (Å²) in [6, 6.07) is 25.2.